The summed E-state index contributed by atoms with van der Waals surface area (Å²) in [5.41, 5.74) is 1.70. The summed E-state index contributed by atoms with van der Waals surface area (Å²) in [6.45, 7) is 0.0342. The first-order chi connectivity index (χ1) is 11.1. The van der Waals surface area contributed by atoms with Crippen LogP contribution in [0.25, 0.3) is 11.3 Å². The highest BCUT2D eigenvalue weighted by molar-refractivity contribution is 6.30. The SMILES string of the molecule is O=C(NC[C@@H](O)c1ccco1)c1cn[nH]c1-c1cccc(Cl)c1. The van der Waals surface area contributed by atoms with Crippen LogP contribution in [-0.2, 0) is 0 Å². The minimum Gasteiger partial charge on any atom is -0.467 e. The van der Waals surface area contributed by atoms with Crippen molar-refractivity contribution in [2.75, 3.05) is 6.54 Å². The Kier molecular flexibility index (Phi) is 4.45. The molecule has 0 saturated heterocycles. The van der Waals surface area contributed by atoms with Crippen molar-refractivity contribution in [3.8, 4) is 11.3 Å². The second kappa shape index (κ2) is 6.68. The Morgan fingerprint density at radius 3 is 3.00 bits per heavy atom. The zero-order chi connectivity index (χ0) is 16.2. The molecule has 0 aliphatic rings. The molecule has 3 aromatic rings. The number of hydrogen-bond donors (Lipinski definition) is 3. The molecule has 0 saturated carbocycles. The van der Waals surface area contributed by atoms with Crippen LogP contribution in [0.3, 0.4) is 0 Å². The van der Waals surface area contributed by atoms with Gasteiger partial charge in [0.25, 0.3) is 5.91 Å². The lowest BCUT2D eigenvalue weighted by molar-refractivity contribution is 0.0902. The molecule has 3 N–H and O–H groups in total. The van der Waals surface area contributed by atoms with Crippen LogP contribution in [0.5, 0.6) is 0 Å². The van der Waals surface area contributed by atoms with Crippen LogP contribution >= 0.6 is 11.6 Å². The van der Waals surface area contributed by atoms with Crippen LogP contribution in [0.2, 0.25) is 5.02 Å². The van der Waals surface area contributed by atoms with E-state index < -0.39 is 6.10 Å². The fourth-order valence-corrected chi connectivity index (χ4v) is 2.38. The number of aliphatic hydroxyl groups excluding tert-OH is 1. The standard InChI is InChI=1S/C16H14ClN3O3/c17-11-4-1-3-10(7-11)15-12(8-19-20-15)16(22)18-9-13(21)14-5-2-6-23-14/h1-8,13,21H,9H2,(H,18,22)(H,19,20)/t13-/m1/s1. The number of hydrogen-bond acceptors (Lipinski definition) is 4. The molecule has 0 radical (unpaired) electrons. The number of amides is 1. The molecule has 2 heterocycles. The molecule has 0 bridgehead atoms. The van der Waals surface area contributed by atoms with Gasteiger partial charge < -0.3 is 14.8 Å². The van der Waals surface area contributed by atoms with E-state index in [0.29, 0.717) is 22.0 Å². The lowest BCUT2D eigenvalue weighted by Gasteiger charge is -2.10. The maximum atomic E-state index is 12.3. The number of aliphatic hydroxyl groups is 1. The van der Waals surface area contributed by atoms with E-state index >= 15 is 0 Å². The summed E-state index contributed by atoms with van der Waals surface area (Å²) < 4.78 is 5.09. The highest BCUT2D eigenvalue weighted by Gasteiger charge is 2.17. The monoisotopic (exact) mass is 331 g/mol. The number of nitrogens with one attached hydrogen (secondary N) is 2. The van der Waals surface area contributed by atoms with Gasteiger partial charge in [-0.3, -0.25) is 9.89 Å². The average Bonchev–Trinajstić information content (AvgIpc) is 3.23. The van der Waals surface area contributed by atoms with Crippen LogP contribution in [-0.4, -0.2) is 27.8 Å². The summed E-state index contributed by atoms with van der Waals surface area (Å²) in [6, 6.07) is 10.4. The molecule has 0 unspecified atom stereocenters. The number of halogens is 1. The third kappa shape index (κ3) is 3.44. The summed E-state index contributed by atoms with van der Waals surface area (Å²) >= 11 is 5.98. The molecule has 1 aromatic carbocycles. The zero-order valence-electron chi connectivity index (χ0n) is 12.0. The Bertz CT molecular complexity index is 799. The van der Waals surface area contributed by atoms with Gasteiger partial charge in [-0.15, -0.1) is 0 Å². The molecule has 0 spiro atoms. The number of aromatic amines is 1. The highest BCUT2D eigenvalue weighted by atomic mass is 35.5. The first-order valence-corrected chi connectivity index (χ1v) is 7.32. The molecular weight excluding hydrogens is 318 g/mol. The summed E-state index contributed by atoms with van der Waals surface area (Å²) in [5, 5.41) is 19.9. The van der Waals surface area contributed by atoms with E-state index in [1.165, 1.54) is 12.5 Å². The molecule has 118 valence electrons. The second-order valence-corrected chi connectivity index (χ2v) is 5.35. The van der Waals surface area contributed by atoms with Crippen molar-refractivity contribution in [3.63, 3.8) is 0 Å². The molecular formula is C16H14ClN3O3. The van der Waals surface area contributed by atoms with Crippen LogP contribution in [0.1, 0.15) is 22.2 Å². The molecule has 0 aliphatic carbocycles. The van der Waals surface area contributed by atoms with Crippen LogP contribution < -0.4 is 5.32 Å². The largest absolute Gasteiger partial charge is 0.467 e. The Labute approximate surface area is 137 Å². The van der Waals surface area contributed by atoms with Crippen molar-refractivity contribution < 1.29 is 14.3 Å². The third-order valence-electron chi connectivity index (χ3n) is 3.32. The third-order valence-corrected chi connectivity index (χ3v) is 3.56. The Morgan fingerprint density at radius 2 is 2.26 bits per heavy atom. The quantitative estimate of drug-likeness (QED) is 0.670. The Morgan fingerprint density at radius 1 is 1.39 bits per heavy atom. The van der Waals surface area contributed by atoms with E-state index in [2.05, 4.69) is 15.5 Å². The molecule has 0 fully saturated rings. The van der Waals surface area contributed by atoms with Crippen molar-refractivity contribution in [2.45, 2.75) is 6.10 Å². The van der Waals surface area contributed by atoms with Crippen molar-refractivity contribution in [3.05, 3.63) is 65.2 Å². The van der Waals surface area contributed by atoms with Gasteiger partial charge in [-0.25, -0.2) is 0 Å². The molecule has 1 amide bonds. The Hall–Kier alpha value is -2.57. The fraction of sp³-hybridized carbons (Fsp3) is 0.125. The van der Waals surface area contributed by atoms with E-state index in [0.717, 1.165) is 5.56 Å². The van der Waals surface area contributed by atoms with E-state index in [4.69, 9.17) is 16.0 Å². The number of aromatic nitrogens is 2. The summed E-state index contributed by atoms with van der Waals surface area (Å²) in [7, 11) is 0. The summed E-state index contributed by atoms with van der Waals surface area (Å²) in [5.74, 6) is 0.0480. The number of H-pyrrole nitrogens is 1. The van der Waals surface area contributed by atoms with Crippen molar-refractivity contribution in [1.82, 2.24) is 15.5 Å². The number of nitrogens with zero attached hydrogens (tertiary/aromatic N) is 1. The van der Waals surface area contributed by atoms with Gasteiger partial charge in [0.1, 0.15) is 11.9 Å². The molecule has 0 aliphatic heterocycles. The number of carbonyl (C=O) groups excluding carboxylic acids is 1. The topological polar surface area (TPSA) is 91.2 Å². The zero-order valence-corrected chi connectivity index (χ0v) is 12.7. The number of rotatable bonds is 5. The molecule has 6 nitrogen and oxygen atoms in total. The van der Waals surface area contributed by atoms with Gasteiger partial charge in [-0.05, 0) is 24.3 Å². The first-order valence-electron chi connectivity index (χ1n) is 6.94. The molecule has 23 heavy (non-hydrogen) atoms. The minimum atomic E-state index is -0.907. The first kappa shape index (κ1) is 15.3. The van der Waals surface area contributed by atoms with Gasteiger partial charge in [0.15, 0.2) is 0 Å². The normalized spacial score (nSPS) is 12.1. The van der Waals surface area contributed by atoms with Crippen LogP contribution in [0.15, 0.2) is 53.3 Å². The van der Waals surface area contributed by atoms with E-state index in [1.807, 2.05) is 6.07 Å². The molecule has 1 atom stereocenters. The minimum absolute atomic E-state index is 0.0342. The molecule has 2 aromatic heterocycles. The highest BCUT2D eigenvalue weighted by Crippen LogP contribution is 2.24. The predicted molar refractivity (Wildman–Crippen MR) is 85.0 cm³/mol. The van der Waals surface area contributed by atoms with Crippen LogP contribution in [0.4, 0.5) is 0 Å². The summed E-state index contributed by atoms with van der Waals surface area (Å²) in [6.07, 6.45) is 1.99. The number of benzene rings is 1. The maximum absolute atomic E-state index is 12.3. The van der Waals surface area contributed by atoms with Crippen molar-refractivity contribution >= 4 is 17.5 Å². The maximum Gasteiger partial charge on any atom is 0.255 e. The van der Waals surface area contributed by atoms with Gasteiger partial charge in [0.2, 0.25) is 0 Å². The van der Waals surface area contributed by atoms with Gasteiger partial charge in [0, 0.05) is 10.6 Å². The molecule has 7 heteroatoms. The van der Waals surface area contributed by atoms with Gasteiger partial charge in [0.05, 0.1) is 30.3 Å². The smallest absolute Gasteiger partial charge is 0.255 e. The van der Waals surface area contributed by atoms with E-state index in [-0.39, 0.29) is 12.5 Å². The van der Waals surface area contributed by atoms with E-state index in [9.17, 15) is 9.90 Å². The summed E-state index contributed by atoms with van der Waals surface area (Å²) in [4.78, 5) is 12.3. The number of furan rings is 1. The van der Waals surface area contributed by atoms with Gasteiger partial charge in [-0.2, -0.15) is 5.10 Å². The predicted octanol–water partition coefficient (Wildman–Crippen LogP) is 2.79. The molecule has 3 rings (SSSR count). The van der Waals surface area contributed by atoms with Gasteiger partial charge >= 0.3 is 0 Å². The van der Waals surface area contributed by atoms with Crippen molar-refractivity contribution in [2.24, 2.45) is 0 Å². The van der Waals surface area contributed by atoms with E-state index in [1.54, 1.807) is 30.3 Å². The Balaban J connectivity index is 1.72. The van der Waals surface area contributed by atoms with Gasteiger partial charge in [-0.1, -0.05) is 23.7 Å². The average molecular weight is 332 g/mol. The van der Waals surface area contributed by atoms with Crippen LogP contribution in [0, 0.1) is 0 Å². The lowest BCUT2D eigenvalue weighted by Crippen LogP contribution is -2.28. The fourth-order valence-electron chi connectivity index (χ4n) is 2.19. The lowest BCUT2D eigenvalue weighted by atomic mass is 10.1. The van der Waals surface area contributed by atoms with Crippen molar-refractivity contribution in [1.29, 1.82) is 0 Å². The second-order valence-electron chi connectivity index (χ2n) is 4.91. The number of carbonyl (C=O) groups is 1.